The topological polar surface area (TPSA) is 38.9 Å². The molecule has 1 heterocycles. The van der Waals surface area contributed by atoms with Crippen molar-refractivity contribution in [1.82, 2.24) is 10.1 Å². The molecule has 12 heavy (non-hydrogen) atoms. The monoisotopic (exact) mass is 226 g/mol. The van der Waals surface area contributed by atoms with Crippen molar-refractivity contribution in [1.29, 1.82) is 0 Å². The first-order valence-electron chi connectivity index (χ1n) is 3.48. The summed E-state index contributed by atoms with van der Waals surface area (Å²) in [5.74, 6) is 1.11. The molecule has 1 aromatic rings. The molecular weight excluding hydrogens is 222 g/mol. The van der Waals surface area contributed by atoms with Crippen molar-refractivity contribution >= 4 is 34.8 Å². The van der Waals surface area contributed by atoms with Crippen molar-refractivity contribution in [2.45, 2.75) is 22.6 Å². The van der Waals surface area contributed by atoms with E-state index in [1.54, 1.807) is 0 Å². The molecule has 0 bridgehead atoms. The van der Waals surface area contributed by atoms with E-state index in [1.807, 2.05) is 0 Å². The normalized spacial score (nSPS) is 18.2. The summed E-state index contributed by atoms with van der Waals surface area (Å²) in [5, 5.41) is 3.71. The Balaban J connectivity index is 2.23. The van der Waals surface area contributed by atoms with Crippen LogP contribution < -0.4 is 0 Å². The van der Waals surface area contributed by atoms with Crippen LogP contribution in [0.25, 0.3) is 0 Å². The van der Waals surface area contributed by atoms with E-state index in [9.17, 15) is 0 Å². The van der Waals surface area contributed by atoms with Crippen LogP contribution in [0.1, 0.15) is 30.5 Å². The van der Waals surface area contributed by atoms with E-state index in [0.717, 1.165) is 12.8 Å². The summed E-state index contributed by atoms with van der Waals surface area (Å²) < 4.78 is 3.18. The van der Waals surface area contributed by atoms with Gasteiger partial charge in [0, 0.05) is 5.92 Å². The average molecular weight is 227 g/mol. The van der Waals surface area contributed by atoms with E-state index in [2.05, 4.69) is 10.1 Å². The fourth-order valence-corrected chi connectivity index (χ4v) is 1.09. The Morgan fingerprint density at radius 1 is 1.33 bits per heavy atom. The Labute approximate surface area is 84.0 Å². The second kappa shape index (κ2) is 2.76. The highest BCUT2D eigenvalue weighted by Crippen LogP contribution is 2.41. The van der Waals surface area contributed by atoms with Gasteiger partial charge in [0.05, 0.1) is 0 Å². The predicted octanol–water partition coefficient (Wildman–Crippen LogP) is 2.77. The number of hydrogen-bond donors (Lipinski definition) is 0. The van der Waals surface area contributed by atoms with Crippen molar-refractivity contribution in [3.8, 4) is 0 Å². The molecular formula is C6H5Cl3N2O. The molecule has 0 aliphatic heterocycles. The molecule has 0 radical (unpaired) electrons. The highest BCUT2D eigenvalue weighted by Gasteiger charge is 2.34. The van der Waals surface area contributed by atoms with Gasteiger partial charge in [-0.15, -0.1) is 0 Å². The zero-order chi connectivity index (χ0) is 8.77. The van der Waals surface area contributed by atoms with Crippen LogP contribution >= 0.6 is 34.8 Å². The number of nitrogens with zero attached hydrogens (tertiary/aromatic N) is 2. The standard InChI is InChI=1S/C6H5Cl3N2O/c7-6(8,9)5-10-4(11-12-5)3-1-2-3/h3H,1-2H2. The maximum absolute atomic E-state index is 5.53. The number of hydrogen-bond acceptors (Lipinski definition) is 3. The largest absolute Gasteiger partial charge is 0.335 e. The summed E-state index contributed by atoms with van der Waals surface area (Å²) in [6, 6.07) is 0. The third kappa shape index (κ3) is 1.68. The maximum Gasteiger partial charge on any atom is 0.278 e. The predicted molar refractivity (Wildman–Crippen MR) is 45.5 cm³/mol. The molecule has 2 rings (SSSR count). The molecule has 0 spiro atoms. The SMILES string of the molecule is ClC(Cl)(Cl)c1nc(C2CC2)no1. The van der Waals surface area contributed by atoms with Gasteiger partial charge in [-0.05, 0) is 12.8 Å². The van der Waals surface area contributed by atoms with Gasteiger partial charge < -0.3 is 4.52 Å². The number of aromatic nitrogens is 2. The second-order valence-corrected chi connectivity index (χ2v) is 5.01. The molecule has 6 heteroatoms. The van der Waals surface area contributed by atoms with Gasteiger partial charge in [-0.1, -0.05) is 40.0 Å². The summed E-state index contributed by atoms with van der Waals surface area (Å²) >= 11 is 16.6. The van der Waals surface area contributed by atoms with Crippen LogP contribution in [0.2, 0.25) is 0 Å². The van der Waals surface area contributed by atoms with Crippen molar-refractivity contribution in [2.24, 2.45) is 0 Å². The Morgan fingerprint density at radius 2 is 2.00 bits per heavy atom. The van der Waals surface area contributed by atoms with E-state index < -0.39 is 3.79 Å². The van der Waals surface area contributed by atoms with Crippen LogP contribution in [0, 0.1) is 0 Å². The lowest BCUT2D eigenvalue weighted by Gasteiger charge is -2.01. The lowest BCUT2D eigenvalue weighted by Crippen LogP contribution is -2.00. The Morgan fingerprint density at radius 3 is 2.42 bits per heavy atom. The molecule has 0 aromatic carbocycles. The average Bonchev–Trinajstić information content (AvgIpc) is 2.66. The molecule has 0 unspecified atom stereocenters. The van der Waals surface area contributed by atoms with E-state index in [-0.39, 0.29) is 5.89 Å². The van der Waals surface area contributed by atoms with Gasteiger partial charge in [-0.2, -0.15) is 4.98 Å². The van der Waals surface area contributed by atoms with Crippen LogP contribution in [0.15, 0.2) is 4.52 Å². The van der Waals surface area contributed by atoms with Gasteiger partial charge in [-0.3, -0.25) is 0 Å². The molecule has 1 aliphatic rings. The number of halogens is 3. The lowest BCUT2D eigenvalue weighted by molar-refractivity contribution is 0.377. The molecule has 1 aliphatic carbocycles. The van der Waals surface area contributed by atoms with Crippen LogP contribution in [0.3, 0.4) is 0 Å². The summed E-state index contributed by atoms with van der Waals surface area (Å²) in [6.45, 7) is 0. The van der Waals surface area contributed by atoms with Gasteiger partial charge in [0.15, 0.2) is 5.82 Å². The molecule has 0 N–H and O–H groups in total. The minimum atomic E-state index is -1.60. The lowest BCUT2D eigenvalue weighted by atomic mass is 10.4. The third-order valence-corrected chi connectivity index (χ3v) is 2.11. The number of alkyl halides is 3. The molecule has 0 atom stereocenters. The van der Waals surface area contributed by atoms with Crippen LogP contribution in [0.4, 0.5) is 0 Å². The fraction of sp³-hybridized carbons (Fsp3) is 0.667. The molecule has 1 aromatic heterocycles. The first-order valence-corrected chi connectivity index (χ1v) is 4.61. The van der Waals surface area contributed by atoms with Crippen molar-refractivity contribution < 1.29 is 4.52 Å². The summed E-state index contributed by atoms with van der Waals surface area (Å²) in [5.41, 5.74) is 0. The van der Waals surface area contributed by atoms with E-state index in [1.165, 1.54) is 0 Å². The number of rotatable bonds is 1. The van der Waals surface area contributed by atoms with Crippen LogP contribution in [0.5, 0.6) is 0 Å². The minimum absolute atomic E-state index is 0.0504. The third-order valence-electron chi connectivity index (χ3n) is 1.63. The van der Waals surface area contributed by atoms with Gasteiger partial charge in [-0.25, -0.2) is 0 Å². The fourth-order valence-electron chi connectivity index (χ4n) is 0.857. The molecule has 1 fully saturated rings. The van der Waals surface area contributed by atoms with Gasteiger partial charge >= 0.3 is 0 Å². The zero-order valence-corrected chi connectivity index (χ0v) is 8.20. The molecule has 66 valence electrons. The first kappa shape index (κ1) is 8.60. The smallest absolute Gasteiger partial charge is 0.278 e. The van der Waals surface area contributed by atoms with E-state index >= 15 is 0 Å². The van der Waals surface area contributed by atoms with Crippen molar-refractivity contribution in [3.05, 3.63) is 11.7 Å². The molecule has 3 nitrogen and oxygen atoms in total. The zero-order valence-electron chi connectivity index (χ0n) is 5.93. The summed E-state index contributed by atoms with van der Waals surface area (Å²) in [7, 11) is 0. The maximum atomic E-state index is 5.53. The van der Waals surface area contributed by atoms with Gasteiger partial charge in [0.1, 0.15) is 0 Å². The van der Waals surface area contributed by atoms with Gasteiger partial charge in [0.25, 0.3) is 9.68 Å². The quantitative estimate of drug-likeness (QED) is 0.693. The van der Waals surface area contributed by atoms with Gasteiger partial charge in [0.2, 0.25) is 0 Å². The molecule has 1 saturated carbocycles. The minimum Gasteiger partial charge on any atom is -0.335 e. The van der Waals surface area contributed by atoms with Crippen molar-refractivity contribution in [3.63, 3.8) is 0 Å². The van der Waals surface area contributed by atoms with E-state index in [0.29, 0.717) is 11.7 Å². The van der Waals surface area contributed by atoms with Crippen molar-refractivity contribution in [2.75, 3.05) is 0 Å². The molecule has 0 saturated heterocycles. The van der Waals surface area contributed by atoms with Crippen LogP contribution in [-0.2, 0) is 3.79 Å². The summed E-state index contributed by atoms with van der Waals surface area (Å²) in [6.07, 6.45) is 2.19. The highest BCUT2D eigenvalue weighted by atomic mass is 35.6. The summed E-state index contributed by atoms with van der Waals surface area (Å²) in [4.78, 5) is 3.97. The first-order chi connectivity index (χ1) is 5.57. The highest BCUT2D eigenvalue weighted by molar-refractivity contribution is 6.66. The Hall–Kier alpha value is 0.01000. The van der Waals surface area contributed by atoms with Crippen LogP contribution in [-0.4, -0.2) is 10.1 Å². The Bertz CT molecular complexity index is 289. The second-order valence-electron chi connectivity index (χ2n) is 2.73. The Kier molecular flexibility index (Phi) is 1.97. The van der Waals surface area contributed by atoms with E-state index in [4.69, 9.17) is 39.3 Å². The molecule has 0 amide bonds.